The van der Waals surface area contributed by atoms with Crippen LogP contribution in [0.2, 0.25) is 0 Å². The number of nitrogens with one attached hydrogen (secondary N) is 2. The molecule has 1 amide bonds. The maximum absolute atomic E-state index is 12.8. The van der Waals surface area contributed by atoms with E-state index in [0.29, 0.717) is 18.7 Å². The van der Waals surface area contributed by atoms with E-state index in [9.17, 15) is 17.6 Å². The lowest BCUT2D eigenvalue weighted by Gasteiger charge is -2.08. The molecule has 26 heavy (non-hydrogen) atoms. The third-order valence-corrected chi connectivity index (χ3v) is 5.08. The number of halogens is 1. The molecule has 0 bridgehead atoms. The average Bonchev–Trinajstić information content (AvgIpc) is 2.65. The molecule has 2 rings (SSSR count). The molecule has 0 heterocycles. The Morgan fingerprint density at radius 3 is 2.35 bits per heavy atom. The number of amides is 1. The Hall–Kier alpha value is -2.45. The van der Waals surface area contributed by atoms with Gasteiger partial charge in [0.25, 0.3) is 0 Å². The number of ether oxygens (including phenoxy) is 1. The van der Waals surface area contributed by atoms with Crippen molar-refractivity contribution in [2.24, 2.45) is 0 Å². The van der Waals surface area contributed by atoms with E-state index in [1.165, 1.54) is 43.4 Å². The number of sulfonamides is 1. The van der Waals surface area contributed by atoms with Gasteiger partial charge < -0.3 is 10.1 Å². The molecule has 0 fully saturated rings. The van der Waals surface area contributed by atoms with Gasteiger partial charge in [0.1, 0.15) is 18.2 Å². The molecule has 0 aliphatic rings. The molecule has 6 nitrogen and oxygen atoms in total. The van der Waals surface area contributed by atoms with E-state index in [-0.39, 0.29) is 29.6 Å². The monoisotopic (exact) mass is 380 g/mol. The van der Waals surface area contributed by atoms with Crippen LogP contribution in [0.15, 0.2) is 53.4 Å². The van der Waals surface area contributed by atoms with Crippen LogP contribution in [0.3, 0.4) is 0 Å². The molecular formula is C18H21FN2O4S. The second-order valence-corrected chi connectivity index (χ2v) is 7.39. The average molecular weight is 380 g/mol. The molecule has 0 unspecified atom stereocenters. The van der Waals surface area contributed by atoms with Gasteiger partial charge in [-0.2, -0.15) is 0 Å². The van der Waals surface area contributed by atoms with Crippen molar-refractivity contribution in [3.05, 3.63) is 59.9 Å². The molecule has 2 N–H and O–H groups in total. The van der Waals surface area contributed by atoms with Crippen LogP contribution in [0.5, 0.6) is 5.75 Å². The number of hydrogen-bond acceptors (Lipinski definition) is 4. The van der Waals surface area contributed by atoms with Gasteiger partial charge in [0, 0.05) is 6.42 Å². The van der Waals surface area contributed by atoms with Gasteiger partial charge in [-0.05, 0) is 55.4 Å². The highest BCUT2D eigenvalue weighted by Gasteiger charge is 2.10. The van der Waals surface area contributed by atoms with E-state index in [1.807, 2.05) is 0 Å². The van der Waals surface area contributed by atoms with Crippen molar-refractivity contribution in [2.45, 2.75) is 17.7 Å². The molecule has 8 heteroatoms. The first kappa shape index (κ1) is 19.9. The van der Waals surface area contributed by atoms with Crippen molar-refractivity contribution in [3.63, 3.8) is 0 Å². The van der Waals surface area contributed by atoms with Crippen molar-refractivity contribution in [3.8, 4) is 5.75 Å². The second-order valence-electron chi connectivity index (χ2n) is 5.50. The van der Waals surface area contributed by atoms with Crippen LogP contribution < -0.4 is 14.8 Å². The number of carbonyl (C=O) groups excluding carboxylic acids is 1. The van der Waals surface area contributed by atoms with E-state index < -0.39 is 10.0 Å². The summed E-state index contributed by atoms with van der Waals surface area (Å²) in [6, 6.07) is 12.1. The maximum atomic E-state index is 12.8. The minimum atomic E-state index is -3.45. The summed E-state index contributed by atoms with van der Waals surface area (Å²) in [7, 11) is -2.10. The summed E-state index contributed by atoms with van der Waals surface area (Å²) in [4.78, 5) is 12.0. The Kier molecular flexibility index (Phi) is 7.11. The molecule has 0 aliphatic carbocycles. The summed E-state index contributed by atoms with van der Waals surface area (Å²) in [6.07, 6.45) is 0.791. The first-order valence-electron chi connectivity index (χ1n) is 8.08. The Labute approximate surface area is 152 Å². The second kappa shape index (κ2) is 9.30. The molecule has 0 radical (unpaired) electrons. The van der Waals surface area contributed by atoms with Crippen molar-refractivity contribution >= 4 is 15.9 Å². The highest BCUT2D eigenvalue weighted by Crippen LogP contribution is 2.12. The van der Waals surface area contributed by atoms with E-state index in [4.69, 9.17) is 4.74 Å². The predicted octanol–water partition coefficient (Wildman–Crippen LogP) is 1.86. The highest BCUT2D eigenvalue weighted by atomic mass is 32.2. The minimum Gasteiger partial charge on any atom is -0.492 e. The van der Waals surface area contributed by atoms with Crippen LogP contribution in [0.4, 0.5) is 4.39 Å². The van der Waals surface area contributed by atoms with E-state index in [1.54, 1.807) is 12.1 Å². The van der Waals surface area contributed by atoms with Crippen molar-refractivity contribution < 1.29 is 22.3 Å². The molecule has 0 aromatic heterocycles. The molecule has 2 aromatic rings. The molecule has 0 saturated carbocycles. The van der Waals surface area contributed by atoms with Gasteiger partial charge >= 0.3 is 0 Å². The zero-order valence-corrected chi connectivity index (χ0v) is 15.2. The highest BCUT2D eigenvalue weighted by molar-refractivity contribution is 7.89. The van der Waals surface area contributed by atoms with Crippen molar-refractivity contribution in [1.29, 1.82) is 0 Å². The summed E-state index contributed by atoms with van der Waals surface area (Å²) in [6.45, 7) is 0.628. The van der Waals surface area contributed by atoms with Gasteiger partial charge in [-0.3, -0.25) is 4.79 Å². The van der Waals surface area contributed by atoms with Gasteiger partial charge in [0.15, 0.2) is 0 Å². The Morgan fingerprint density at radius 1 is 1.08 bits per heavy atom. The molecule has 0 saturated heterocycles. The van der Waals surface area contributed by atoms with Crippen LogP contribution in [0, 0.1) is 5.82 Å². The molecule has 0 spiro atoms. The Bertz CT molecular complexity index is 821. The number of rotatable bonds is 9. The largest absolute Gasteiger partial charge is 0.492 e. The summed E-state index contributed by atoms with van der Waals surface area (Å²) in [5, 5.41) is 2.74. The zero-order valence-electron chi connectivity index (χ0n) is 14.4. The maximum Gasteiger partial charge on any atom is 0.240 e. The topological polar surface area (TPSA) is 84.5 Å². The summed E-state index contributed by atoms with van der Waals surface area (Å²) >= 11 is 0. The van der Waals surface area contributed by atoms with Crippen LogP contribution in [0.25, 0.3) is 0 Å². The van der Waals surface area contributed by atoms with E-state index >= 15 is 0 Å². The zero-order chi connectivity index (χ0) is 19.0. The number of carbonyl (C=O) groups is 1. The third-order valence-electron chi connectivity index (χ3n) is 3.65. The van der Waals surface area contributed by atoms with Gasteiger partial charge in [-0.1, -0.05) is 12.1 Å². The molecule has 140 valence electrons. The molecule has 0 atom stereocenters. The smallest absolute Gasteiger partial charge is 0.240 e. The first-order valence-corrected chi connectivity index (χ1v) is 9.56. The number of hydrogen-bond donors (Lipinski definition) is 2. The van der Waals surface area contributed by atoms with Crippen LogP contribution in [-0.4, -0.2) is 34.5 Å². The molecular weight excluding hydrogens is 359 g/mol. The van der Waals surface area contributed by atoms with Crippen LogP contribution >= 0.6 is 0 Å². The fourth-order valence-electron chi connectivity index (χ4n) is 2.19. The lowest BCUT2D eigenvalue weighted by molar-refractivity contribution is -0.121. The van der Waals surface area contributed by atoms with Crippen molar-refractivity contribution in [2.75, 3.05) is 20.2 Å². The molecule has 2 aromatic carbocycles. The lowest BCUT2D eigenvalue weighted by atomic mass is 10.1. The van der Waals surface area contributed by atoms with Gasteiger partial charge in [-0.15, -0.1) is 0 Å². The van der Waals surface area contributed by atoms with E-state index in [0.717, 1.165) is 5.56 Å². The normalized spacial score (nSPS) is 11.2. The number of benzene rings is 2. The predicted molar refractivity (Wildman–Crippen MR) is 95.9 cm³/mol. The lowest BCUT2D eigenvalue weighted by Crippen LogP contribution is -2.28. The molecule has 0 aliphatic heterocycles. The van der Waals surface area contributed by atoms with E-state index in [2.05, 4.69) is 10.0 Å². The summed E-state index contributed by atoms with van der Waals surface area (Å²) < 4.78 is 43.7. The first-order chi connectivity index (χ1) is 12.4. The van der Waals surface area contributed by atoms with Crippen LogP contribution in [0.1, 0.15) is 12.0 Å². The standard InChI is InChI=1S/C18H21FN2O4S/c1-20-26(23,24)17-9-2-14(3-10-17)4-11-18(22)21-12-13-25-16-7-5-15(19)6-8-16/h2-3,5-10,20H,4,11-13H2,1H3,(H,21,22). The minimum absolute atomic E-state index is 0.125. The fraction of sp³-hybridized carbons (Fsp3) is 0.278. The van der Waals surface area contributed by atoms with Gasteiger partial charge in [-0.25, -0.2) is 17.5 Å². The van der Waals surface area contributed by atoms with Gasteiger partial charge in [0.2, 0.25) is 15.9 Å². The Balaban J connectivity index is 1.69. The number of aryl methyl sites for hydroxylation is 1. The fourth-order valence-corrected chi connectivity index (χ4v) is 2.92. The summed E-state index contributed by atoms with van der Waals surface area (Å²) in [5.41, 5.74) is 0.873. The van der Waals surface area contributed by atoms with Gasteiger partial charge in [0.05, 0.1) is 11.4 Å². The van der Waals surface area contributed by atoms with Crippen molar-refractivity contribution in [1.82, 2.24) is 10.0 Å². The summed E-state index contributed by atoms with van der Waals surface area (Å²) in [5.74, 6) is 0.0825. The van der Waals surface area contributed by atoms with Crippen LogP contribution in [-0.2, 0) is 21.2 Å². The quantitative estimate of drug-likeness (QED) is 0.651. The Morgan fingerprint density at radius 2 is 1.73 bits per heavy atom. The SMILES string of the molecule is CNS(=O)(=O)c1ccc(CCC(=O)NCCOc2ccc(F)cc2)cc1. The third kappa shape index (κ3) is 6.12.